The van der Waals surface area contributed by atoms with Crippen molar-refractivity contribution < 1.29 is 13.9 Å². The van der Waals surface area contributed by atoms with E-state index in [0.29, 0.717) is 18.4 Å². The van der Waals surface area contributed by atoms with E-state index in [-0.39, 0.29) is 6.42 Å². The number of halogens is 2. The van der Waals surface area contributed by atoms with E-state index >= 15 is 0 Å². The van der Waals surface area contributed by atoms with Crippen LogP contribution in [0.4, 0.5) is 8.78 Å². The average Bonchev–Trinajstić information content (AvgIpc) is 2.53. The first kappa shape index (κ1) is 11.1. The minimum absolute atomic E-state index is 0.193. The van der Waals surface area contributed by atoms with Crippen molar-refractivity contribution in [3.63, 3.8) is 0 Å². The minimum Gasteiger partial charge on any atom is -0.388 e. The Labute approximate surface area is 81.1 Å². The zero-order valence-corrected chi connectivity index (χ0v) is 8.00. The molecular weight excluding hydrogens is 190 g/mol. The van der Waals surface area contributed by atoms with Crippen LogP contribution in [0.15, 0.2) is 12.4 Å². The molecule has 0 aromatic carbocycles. The number of aromatic amines is 1. The van der Waals surface area contributed by atoms with E-state index in [9.17, 15) is 13.9 Å². The van der Waals surface area contributed by atoms with Gasteiger partial charge in [0.2, 0.25) is 5.92 Å². The molecule has 0 fully saturated rings. The second kappa shape index (κ2) is 4.50. The summed E-state index contributed by atoms with van der Waals surface area (Å²) in [6, 6.07) is 0. The Hall–Kier alpha value is -0.970. The number of alkyl halides is 2. The number of hydrogen-bond donors (Lipinski definition) is 2. The summed E-state index contributed by atoms with van der Waals surface area (Å²) in [6.07, 6.45) is 2.81. The van der Waals surface area contributed by atoms with Crippen molar-refractivity contribution in [1.82, 2.24) is 10.2 Å². The molecule has 5 heteroatoms. The molecule has 2 N–H and O–H groups in total. The molecule has 0 bridgehead atoms. The van der Waals surface area contributed by atoms with E-state index < -0.39 is 12.0 Å². The molecule has 0 spiro atoms. The number of aliphatic hydroxyl groups is 1. The fourth-order valence-electron chi connectivity index (χ4n) is 1.22. The molecule has 0 aliphatic rings. The minimum atomic E-state index is -2.64. The number of hydrogen-bond acceptors (Lipinski definition) is 2. The van der Waals surface area contributed by atoms with Crippen molar-refractivity contribution >= 4 is 0 Å². The van der Waals surface area contributed by atoms with Crippen LogP contribution in [0, 0.1) is 0 Å². The molecule has 0 amide bonds. The van der Waals surface area contributed by atoms with Crippen LogP contribution in [0.1, 0.15) is 37.9 Å². The van der Waals surface area contributed by atoms with Crippen LogP contribution in [-0.2, 0) is 0 Å². The number of H-pyrrole nitrogens is 1. The third-order valence-electron chi connectivity index (χ3n) is 2.00. The normalized spacial score (nSPS) is 14.3. The molecular formula is C9H14F2N2O. The van der Waals surface area contributed by atoms with E-state index in [1.165, 1.54) is 6.20 Å². The average molecular weight is 204 g/mol. The molecule has 1 heterocycles. The maximum Gasteiger partial charge on any atom is 0.245 e. The van der Waals surface area contributed by atoms with E-state index in [1.54, 1.807) is 6.20 Å². The predicted molar refractivity (Wildman–Crippen MR) is 48.0 cm³/mol. The SMILES string of the molecule is CC(F)(F)CCCC(O)c1cn[nH]c1. The largest absolute Gasteiger partial charge is 0.388 e. The number of nitrogens with zero attached hydrogens (tertiary/aromatic N) is 1. The van der Waals surface area contributed by atoms with Crippen molar-refractivity contribution in [1.29, 1.82) is 0 Å². The lowest BCUT2D eigenvalue weighted by Gasteiger charge is -2.11. The molecule has 0 aliphatic heterocycles. The van der Waals surface area contributed by atoms with Gasteiger partial charge in [-0.1, -0.05) is 0 Å². The summed E-state index contributed by atoms with van der Waals surface area (Å²) in [5.74, 6) is -2.64. The highest BCUT2D eigenvalue weighted by Crippen LogP contribution is 2.24. The first-order valence-corrected chi connectivity index (χ1v) is 4.53. The van der Waals surface area contributed by atoms with Crippen molar-refractivity contribution in [2.24, 2.45) is 0 Å². The summed E-state index contributed by atoms with van der Waals surface area (Å²) >= 11 is 0. The van der Waals surface area contributed by atoms with Gasteiger partial charge >= 0.3 is 0 Å². The summed E-state index contributed by atoms with van der Waals surface area (Å²) < 4.78 is 24.8. The van der Waals surface area contributed by atoms with Gasteiger partial charge in [-0.25, -0.2) is 8.78 Å². The Balaban J connectivity index is 2.26. The summed E-state index contributed by atoms with van der Waals surface area (Å²) in [5, 5.41) is 15.7. The first-order valence-electron chi connectivity index (χ1n) is 4.53. The Kier molecular flexibility index (Phi) is 3.57. The van der Waals surface area contributed by atoms with Crippen LogP contribution >= 0.6 is 0 Å². The Morgan fingerprint density at radius 2 is 2.36 bits per heavy atom. The van der Waals surface area contributed by atoms with Gasteiger partial charge in [-0.05, 0) is 19.8 Å². The van der Waals surface area contributed by atoms with E-state index in [2.05, 4.69) is 10.2 Å². The second-order valence-corrected chi connectivity index (χ2v) is 3.51. The third kappa shape index (κ3) is 3.83. The van der Waals surface area contributed by atoms with Gasteiger partial charge in [-0.2, -0.15) is 5.10 Å². The summed E-state index contributed by atoms with van der Waals surface area (Å²) in [6.45, 7) is 0.886. The van der Waals surface area contributed by atoms with Gasteiger partial charge in [-0.3, -0.25) is 5.10 Å². The van der Waals surface area contributed by atoms with E-state index in [4.69, 9.17) is 0 Å². The lowest BCUT2D eigenvalue weighted by atomic mass is 10.1. The highest BCUT2D eigenvalue weighted by Gasteiger charge is 2.21. The maximum absolute atomic E-state index is 12.4. The van der Waals surface area contributed by atoms with Crippen LogP contribution in [0.2, 0.25) is 0 Å². The van der Waals surface area contributed by atoms with Crippen molar-refractivity contribution in [2.45, 2.75) is 38.2 Å². The van der Waals surface area contributed by atoms with Crippen molar-refractivity contribution in [3.05, 3.63) is 18.0 Å². The number of aromatic nitrogens is 2. The van der Waals surface area contributed by atoms with Crippen LogP contribution in [-0.4, -0.2) is 21.2 Å². The number of aliphatic hydroxyl groups excluding tert-OH is 1. The standard InChI is InChI=1S/C9H14F2N2O/c1-9(10,11)4-2-3-8(14)7-5-12-13-6-7/h5-6,8,14H,2-4H2,1H3,(H,12,13). The van der Waals surface area contributed by atoms with Gasteiger partial charge in [0.1, 0.15) is 0 Å². The number of nitrogens with one attached hydrogen (secondary N) is 1. The highest BCUT2D eigenvalue weighted by molar-refractivity contribution is 5.06. The van der Waals surface area contributed by atoms with Gasteiger partial charge in [-0.15, -0.1) is 0 Å². The monoisotopic (exact) mass is 204 g/mol. The third-order valence-corrected chi connectivity index (χ3v) is 2.00. The van der Waals surface area contributed by atoms with Gasteiger partial charge < -0.3 is 5.11 Å². The quantitative estimate of drug-likeness (QED) is 0.772. The molecule has 0 radical (unpaired) electrons. The molecule has 1 aromatic heterocycles. The van der Waals surface area contributed by atoms with E-state index in [0.717, 1.165) is 6.92 Å². The summed E-state index contributed by atoms with van der Waals surface area (Å²) in [7, 11) is 0. The first-order chi connectivity index (χ1) is 6.49. The Morgan fingerprint density at radius 1 is 1.64 bits per heavy atom. The molecule has 1 aromatic rings. The molecule has 1 rings (SSSR count). The molecule has 1 unspecified atom stereocenters. The topological polar surface area (TPSA) is 48.9 Å². The van der Waals surface area contributed by atoms with Gasteiger partial charge in [0.15, 0.2) is 0 Å². The molecule has 0 saturated heterocycles. The summed E-state index contributed by atoms with van der Waals surface area (Å²) in [4.78, 5) is 0. The number of rotatable bonds is 5. The molecule has 14 heavy (non-hydrogen) atoms. The predicted octanol–water partition coefficient (Wildman–Crippen LogP) is 2.27. The maximum atomic E-state index is 12.4. The second-order valence-electron chi connectivity index (χ2n) is 3.51. The Morgan fingerprint density at radius 3 is 2.86 bits per heavy atom. The molecule has 3 nitrogen and oxygen atoms in total. The van der Waals surface area contributed by atoms with Crippen LogP contribution in [0.5, 0.6) is 0 Å². The molecule has 1 atom stereocenters. The molecule has 80 valence electrons. The fourth-order valence-corrected chi connectivity index (χ4v) is 1.22. The summed E-state index contributed by atoms with van der Waals surface area (Å²) in [5.41, 5.74) is 0.643. The lowest BCUT2D eigenvalue weighted by Crippen LogP contribution is -2.09. The zero-order valence-electron chi connectivity index (χ0n) is 8.00. The van der Waals surface area contributed by atoms with Crippen molar-refractivity contribution in [2.75, 3.05) is 0 Å². The lowest BCUT2D eigenvalue weighted by molar-refractivity contribution is 0.00706. The van der Waals surface area contributed by atoms with Gasteiger partial charge in [0.25, 0.3) is 0 Å². The molecule has 0 saturated carbocycles. The van der Waals surface area contributed by atoms with Gasteiger partial charge in [0, 0.05) is 18.2 Å². The van der Waals surface area contributed by atoms with Crippen LogP contribution in [0.3, 0.4) is 0 Å². The Bertz CT molecular complexity index is 256. The van der Waals surface area contributed by atoms with Crippen LogP contribution < -0.4 is 0 Å². The highest BCUT2D eigenvalue weighted by atomic mass is 19.3. The van der Waals surface area contributed by atoms with Gasteiger partial charge in [0.05, 0.1) is 12.3 Å². The fraction of sp³-hybridized carbons (Fsp3) is 0.667. The van der Waals surface area contributed by atoms with E-state index in [1.807, 2.05) is 0 Å². The van der Waals surface area contributed by atoms with Crippen LogP contribution in [0.25, 0.3) is 0 Å². The molecule has 0 aliphatic carbocycles. The smallest absolute Gasteiger partial charge is 0.245 e. The zero-order chi connectivity index (χ0) is 10.6. The van der Waals surface area contributed by atoms with Crippen molar-refractivity contribution in [3.8, 4) is 0 Å².